The van der Waals surface area contributed by atoms with Crippen molar-refractivity contribution in [3.8, 4) is 0 Å². The molecule has 0 saturated heterocycles. The molecule has 3 nitrogen and oxygen atoms in total. The van der Waals surface area contributed by atoms with Gasteiger partial charge in [0, 0.05) is 18.9 Å². The fourth-order valence-corrected chi connectivity index (χ4v) is 1.93. The number of aryl methyl sites for hydroxylation is 2. The summed E-state index contributed by atoms with van der Waals surface area (Å²) in [5, 5.41) is 2.93. The van der Waals surface area contributed by atoms with Crippen LogP contribution in [0.25, 0.3) is 0 Å². The lowest BCUT2D eigenvalue weighted by Crippen LogP contribution is -2.24. The van der Waals surface area contributed by atoms with Crippen LogP contribution in [-0.4, -0.2) is 10.9 Å². The second-order valence-electron chi connectivity index (χ2n) is 4.74. The van der Waals surface area contributed by atoms with E-state index in [0.717, 1.165) is 16.7 Å². The lowest BCUT2D eigenvalue weighted by molar-refractivity contribution is -0.120. The number of carbonyl (C=O) groups is 1. The second-order valence-corrected chi connectivity index (χ2v) is 4.74. The Balaban J connectivity index is 1.93. The van der Waals surface area contributed by atoms with Crippen molar-refractivity contribution >= 4 is 5.91 Å². The van der Waals surface area contributed by atoms with Gasteiger partial charge in [-0.2, -0.15) is 0 Å². The van der Waals surface area contributed by atoms with Crippen LogP contribution >= 0.6 is 0 Å². The first-order valence-electron chi connectivity index (χ1n) is 6.37. The number of aromatic nitrogens is 1. The zero-order valence-corrected chi connectivity index (χ0v) is 11.3. The van der Waals surface area contributed by atoms with Crippen molar-refractivity contribution in [2.45, 2.75) is 26.8 Å². The van der Waals surface area contributed by atoms with Gasteiger partial charge in [0.2, 0.25) is 5.91 Å². The van der Waals surface area contributed by atoms with Gasteiger partial charge in [-0.15, -0.1) is 0 Å². The van der Waals surface area contributed by atoms with Crippen LogP contribution < -0.4 is 5.32 Å². The Morgan fingerprint density at radius 2 is 1.89 bits per heavy atom. The van der Waals surface area contributed by atoms with Crippen LogP contribution in [0, 0.1) is 13.8 Å². The minimum Gasteiger partial charge on any atom is -0.352 e. The van der Waals surface area contributed by atoms with E-state index in [1.807, 2.05) is 26.0 Å². The SMILES string of the molecule is Cc1ccc(C)c(CC(=O)NCc2ccncc2)c1. The third-order valence-corrected chi connectivity index (χ3v) is 3.09. The van der Waals surface area contributed by atoms with E-state index in [0.29, 0.717) is 13.0 Å². The summed E-state index contributed by atoms with van der Waals surface area (Å²) in [6.07, 6.45) is 3.89. The van der Waals surface area contributed by atoms with Gasteiger partial charge in [0.15, 0.2) is 0 Å². The fraction of sp³-hybridized carbons (Fsp3) is 0.250. The molecule has 0 bridgehead atoms. The van der Waals surface area contributed by atoms with Gasteiger partial charge < -0.3 is 5.32 Å². The topological polar surface area (TPSA) is 42.0 Å². The summed E-state index contributed by atoms with van der Waals surface area (Å²) in [6.45, 7) is 4.62. The first-order chi connectivity index (χ1) is 9.15. The van der Waals surface area contributed by atoms with Gasteiger partial charge >= 0.3 is 0 Å². The molecule has 1 aromatic carbocycles. The molecule has 19 heavy (non-hydrogen) atoms. The first kappa shape index (κ1) is 13.3. The van der Waals surface area contributed by atoms with E-state index in [1.54, 1.807) is 12.4 Å². The zero-order valence-electron chi connectivity index (χ0n) is 11.3. The Morgan fingerprint density at radius 3 is 2.63 bits per heavy atom. The van der Waals surface area contributed by atoms with E-state index in [9.17, 15) is 4.79 Å². The number of hydrogen-bond donors (Lipinski definition) is 1. The Bertz CT molecular complexity index is 564. The molecule has 0 aliphatic heterocycles. The van der Waals surface area contributed by atoms with Crippen LogP contribution in [0.1, 0.15) is 22.3 Å². The average Bonchev–Trinajstić information content (AvgIpc) is 2.42. The average molecular weight is 254 g/mol. The highest BCUT2D eigenvalue weighted by molar-refractivity contribution is 5.78. The largest absolute Gasteiger partial charge is 0.352 e. The molecule has 0 spiro atoms. The minimum absolute atomic E-state index is 0.0468. The van der Waals surface area contributed by atoms with Crippen molar-refractivity contribution in [2.24, 2.45) is 0 Å². The standard InChI is InChI=1S/C16H18N2O/c1-12-3-4-13(2)15(9-12)10-16(19)18-11-14-5-7-17-8-6-14/h3-9H,10-11H2,1-2H3,(H,18,19). The molecule has 0 unspecified atom stereocenters. The van der Waals surface area contributed by atoms with E-state index in [4.69, 9.17) is 0 Å². The maximum Gasteiger partial charge on any atom is 0.224 e. The van der Waals surface area contributed by atoms with Gasteiger partial charge in [0.1, 0.15) is 0 Å². The van der Waals surface area contributed by atoms with E-state index >= 15 is 0 Å². The van der Waals surface area contributed by atoms with Crippen LogP contribution in [0.3, 0.4) is 0 Å². The van der Waals surface area contributed by atoms with E-state index in [-0.39, 0.29) is 5.91 Å². The molecule has 2 aromatic rings. The van der Waals surface area contributed by atoms with Gasteiger partial charge in [0.05, 0.1) is 6.42 Å². The van der Waals surface area contributed by atoms with Gasteiger partial charge in [-0.1, -0.05) is 23.8 Å². The zero-order chi connectivity index (χ0) is 13.7. The first-order valence-corrected chi connectivity index (χ1v) is 6.37. The van der Waals surface area contributed by atoms with Crippen LogP contribution in [0.2, 0.25) is 0 Å². The Kier molecular flexibility index (Phi) is 4.29. The molecule has 0 aliphatic carbocycles. The predicted octanol–water partition coefficient (Wildman–Crippen LogP) is 2.56. The van der Waals surface area contributed by atoms with Crippen molar-refractivity contribution in [2.75, 3.05) is 0 Å². The minimum atomic E-state index is 0.0468. The number of rotatable bonds is 4. The van der Waals surface area contributed by atoms with Crippen molar-refractivity contribution in [1.82, 2.24) is 10.3 Å². The number of carbonyl (C=O) groups excluding carboxylic acids is 1. The molecule has 1 amide bonds. The Hall–Kier alpha value is -2.16. The van der Waals surface area contributed by atoms with Crippen molar-refractivity contribution in [1.29, 1.82) is 0 Å². The van der Waals surface area contributed by atoms with Gasteiger partial charge in [-0.25, -0.2) is 0 Å². The van der Waals surface area contributed by atoms with E-state index in [1.165, 1.54) is 5.56 Å². The van der Waals surface area contributed by atoms with Crippen LogP contribution in [-0.2, 0) is 17.8 Å². The summed E-state index contributed by atoms with van der Waals surface area (Å²) in [5.41, 5.74) is 4.49. The van der Waals surface area contributed by atoms with E-state index in [2.05, 4.69) is 28.5 Å². The molecule has 98 valence electrons. The van der Waals surface area contributed by atoms with Crippen LogP contribution in [0.4, 0.5) is 0 Å². The van der Waals surface area contributed by atoms with Crippen molar-refractivity contribution in [3.63, 3.8) is 0 Å². The monoisotopic (exact) mass is 254 g/mol. The maximum atomic E-state index is 11.9. The molecule has 0 atom stereocenters. The highest BCUT2D eigenvalue weighted by atomic mass is 16.1. The van der Waals surface area contributed by atoms with Gasteiger partial charge in [-0.05, 0) is 42.7 Å². The highest BCUT2D eigenvalue weighted by Crippen LogP contribution is 2.11. The number of amides is 1. The van der Waals surface area contributed by atoms with Gasteiger partial charge in [-0.3, -0.25) is 9.78 Å². The molecule has 1 aromatic heterocycles. The summed E-state index contributed by atoms with van der Waals surface area (Å²) in [7, 11) is 0. The molecule has 0 radical (unpaired) electrons. The highest BCUT2D eigenvalue weighted by Gasteiger charge is 2.06. The number of benzene rings is 1. The molecule has 1 N–H and O–H groups in total. The second kappa shape index (κ2) is 6.14. The van der Waals surface area contributed by atoms with Crippen molar-refractivity contribution < 1.29 is 4.79 Å². The maximum absolute atomic E-state index is 11.9. The number of pyridine rings is 1. The lowest BCUT2D eigenvalue weighted by atomic mass is 10.0. The molecular formula is C16H18N2O. The number of nitrogens with one attached hydrogen (secondary N) is 1. The van der Waals surface area contributed by atoms with Gasteiger partial charge in [0.25, 0.3) is 0 Å². The predicted molar refractivity (Wildman–Crippen MR) is 75.7 cm³/mol. The number of hydrogen-bond acceptors (Lipinski definition) is 2. The third kappa shape index (κ3) is 3.91. The summed E-state index contributed by atoms with van der Waals surface area (Å²) in [4.78, 5) is 15.9. The van der Waals surface area contributed by atoms with E-state index < -0.39 is 0 Å². The lowest BCUT2D eigenvalue weighted by Gasteiger charge is -2.08. The quantitative estimate of drug-likeness (QED) is 0.911. The molecule has 0 aliphatic rings. The molecule has 1 heterocycles. The van der Waals surface area contributed by atoms with Crippen molar-refractivity contribution in [3.05, 3.63) is 65.0 Å². The molecule has 2 rings (SSSR count). The molecular weight excluding hydrogens is 236 g/mol. The Labute approximate surface area is 113 Å². The number of nitrogens with zero attached hydrogens (tertiary/aromatic N) is 1. The summed E-state index contributed by atoms with van der Waals surface area (Å²) < 4.78 is 0. The smallest absolute Gasteiger partial charge is 0.224 e. The Morgan fingerprint density at radius 1 is 1.16 bits per heavy atom. The summed E-state index contributed by atoms with van der Waals surface area (Å²) >= 11 is 0. The molecule has 0 saturated carbocycles. The third-order valence-electron chi connectivity index (χ3n) is 3.09. The van der Waals surface area contributed by atoms with Crippen LogP contribution in [0.5, 0.6) is 0 Å². The summed E-state index contributed by atoms with van der Waals surface area (Å²) in [6, 6.07) is 9.99. The fourth-order valence-electron chi connectivity index (χ4n) is 1.93. The molecule has 0 fully saturated rings. The summed E-state index contributed by atoms with van der Waals surface area (Å²) in [5.74, 6) is 0.0468. The normalized spacial score (nSPS) is 10.2. The molecule has 3 heteroatoms. The van der Waals surface area contributed by atoms with Crippen LogP contribution in [0.15, 0.2) is 42.7 Å².